The molecule has 1 aliphatic rings. The normalized spacial score (nSPS) is 16.1. The summed E-state index contributed by atoms with van der Waals surface area (Å²) in [6.07, 6.45) is 5.98. The van der Waals surface area contributed by atoms with Gasteiger partial charge in [-0.3, -0.25) is 0 Å². The average molecular weight is 225 g/mol. The molecule has 2 rings (SSSR count). The summed E-state index contributed by atoms with van der Waals surface area (Å²) in [5.74, 6) is 2.48. The van der Waals surface area contributed by atoms with Gasteiger partial charge in [-0.25, -0.2) is 4.98 Å². The van der Waals surface area contributed by atoms with E-state index in [1.165, 1.54) is 19.3 Å². The van der Waals surface area contributed by atoms with E-state index in [4.69, 9.17) is 11.6 Å². The topological polar surface area (TPSA) is 16.1 Å². The number of halogens is 1. The molecule has 15 heavy (non-hydrogen) atoms. The summed E-state index contributed by atoms with van der Waals surface area (Å²) in [5, 5.41) is 0. The average Bonchev–Trinajstić information content (AvgIpc) is 2.23. The summed E-state index contributed by atoms with van der Waals surface area (Å²) in [6.45, 7) is 1.12. The Bertz CT molecular complexity index is 323. The van der Waals surface area contributed by atoms with Gasteiger partial charge in [-0.15, -0.1) is 11.6 Å². The number of rotatable bonds is 4. The van der Waals surface area contributed by atoms with E-state index in [-0.39, 0.29) is 0 Å². The zero-order chi connectivity index (χ0) is 10.7. The van der Waals surface area contributed by atoms with Crippen LogP contribution in [0.3, 0.4) is 0 Å². The lowest BCUT2D eigenvalue weighted by Crippen LogP contribution is -2.29. The zero-order valence-corrected chi connectivity index (χ0v) is 9.87. The Morgan fingerprint density at radius 1 is 1.53 bits per heavy atom. The van der Waals surface area contributed by atoms with Gasteiger partial charge in [-0.05, 0) is 36.5 Å². The third kappa shape index (κ3) is 2.63. The maximum absolute atomic E-state index is 5.80. The molecule has 0 spiro atoms. The fourth-order valence-corrected chi connectivity index (χ4v) is 2.07. The Balaban J connectivity index is 1.99. The van der Waals surface area contributed by atoms with E-state index in [0.717, 1.165) is 23.8 Å². The Morgan fingerprint density at radius 2 is 2.33 bits per heavy atom. The van der Waals surface area contributed by atoms with E-state index in [2.05, 4.69) is 23.0 Å². The first-order valence-corrected chi connectivity index (χ1v) is 6.05. The van der Waals surface area contributed by atoms with Gasteiger partial charge in [0.15, 0.2) is 0 Å². The van der Waals surface area contributed by atoms with Crippen LogP contribution in [0.15, 0.2) is 18.3 Å². The molecule has 0 amide bonds. The highest BCUT2D eigenvalue weighted by atomic mass is 35.5. The molecule has 0 unspecified atom stereocenters. The van der Waals surface area contributed by atoms with Crippen molar-refractivity contribution in [1.29, 1.82) is 0 Å². The van der Waals surface area contributed by atoms with E-state index in [0.29, 0.717) is 5.88 Å². The van der Waals surface area contributed by atoms with Gasteiger partial charge in [0.05, 0.1) is 0 Å². The second kappa shape index (κ2) is 4.84. The molecule has 82 valence electrons. The van der Waals surface area contributed by atoms with Crippen LogP contribution in [0, 0.1) is 5.92 Å². The van der Waals surface area contributed by atoms with Gasteiger partial charge < -0.3 is 4.90 Å². The lowest BCUT2D eigenvalue weighted by Gasteiger charge is -2.30. The predicted octanol–water partition coefficient (Wildman–Crippen LogP) is 3.06. The molecule has 0 atom stereocenters. The van der Waals surface area contributed by atoms with Crippen molar-refractivity contribution in [3.8, 4) is 0 Å². The molecule has 0 saturated heterocycles. The first-order valence-electron chi connectivity index (χ1n) is 5.51. The molecule has 1 aliphatic carbocycles. The first kappa shape index (κ1) is 10.7. The zero-order valence-electron chi connectivity index (χ0n) is 9.12. The molecule has 0 radical (unpaired) electrons. The minimum atomic E-state index is 0.562. The fourth-order valence-electron chi connectivity index (χ4n) is 1.91. The van der Waals surface area contributed by atoms with Crippen LogP contribution in [0.5, 0.6) is 0 Å². The maximum Gasteiger partial charge on any atom is 0.128 e. The van der Waals surface area contributed by atoms with Crippen molar-refractivity contribution in [1.82, 2.24) is 4.98 Å². The number of anilines is 1. The predicted molar refractivity (Wildman–Crippen MR) is 64.4 cm³/mol. The molecule has 0 aliphatic heterocycles. The van der Waals surface area contributed by atoms with Crippen LogP contribution in [0.4, 0.5) is 5.82 Å². The standard InChI is InChI=1S/C12H17ClN2/c1-15(9-10-3-2-4-10)12-7-11(8-13)5-6-14-12/h5-7,10H,2-4,8-9H2,1H3. The van der Waals surface area contributed by atoms with Crippen molar-refractivity contribution in [2.45, 2.75) is 25.1 Å². The van der Waals surface area contributed by atoms with Gasteiger partial charge in [0.1, 0.15) is 5.82 Å². The van der Waals surface area contributed by atoms with Gasteiger partial charge in [0.2, 0.25) is 0 Å². The van der Waals surface area contributed by atoms with Gasteiger partial charge in [-0.1, -0.05) is 6.42 Å². The maximum atomic E-state index is 5.80. The molecule has 2 nitrogen and oxygen atoms in total. The highest BCUT2D eigenvalue weighted by Crippen LogP contribution is 2.28. The number of nitrogens with zero attached hydrogens (tertiary/aromatic N) is 2. The van der Waals surface area contributed by atoms with Crippen LogP contribution in [0.25, 0.3) is 0 Å². The molecule has 0 aromatic carbocycles. The molecular formula is C12H17ClN2. The lowest BCUT2D eigenvalue weighted by molar-refractivity contribution is 0.321. The molecule has 1 saturated carbocycles. The largest absolute Gasteiger partial charge is 0.359 e. The molecular weight excluding hydrogens is 208 g/mol. The second-order valence-corrected chi connectivity index (χ2v) is 4.60. The number of hydrogen-bond acceptors (Lipinski definition) is 2. The Hall–Kier alpha value is -0.760. The van der Waals surface area contributed by atoms with Crippen molar-refractivity contribution in [2.75, 3.05) is 18.5 Å². The van der Waals surface area contributed by atoms with Gasteiger partial charge >= 0.3 is 0 Å². The van der Waals surface area contributed by atoms with Gasteiger partial charge in [0, 0.05) is 25.7 Å². The summed E-state index contributed by atoms with van der Waals surface area (Å²) >= 11 is 5.80. The molecule has 1 aromatic heterocycles. The smallest absolute Gasteiger partial charge is 0.128 e. The highest BCUT2D eigenvalue weighted by molar-refractivity contribution is 6.17. The Kier molecular flexibility index (Phi) is 3.47. The number of pyridine rings is 1. The van der Waals surface area contributed by atoms with E-state index in [1.54, 1.807) is 0 Å². The minimum Gasteiger partial charge on any atom is -0.359 e. The quantitative estimate of drug-likeness (QED) is 0.731. The van der Waals surface area contributed by atoms with Crippen LogP contribution in [0.2, 0.25) is 0 Å². The van der Waals surface area contributed by atoms with E-state index in [1.807, 2.05) is 12.3 Å². The van der Waals surface area contributed by atoms with E-state index in [9.17, 15) is 0 Å². The highest BCUT2D eigenvalue weighted by Gasteiger charge is 2.19. The SMILES string of the molecule is CN(CC1CCC1)c1cc(CCl)ccn1. The monoisotopic (exact) mass is 224 g/mol. The first-order chi connectivity index (χ1) is 7.29. The Morgan fingerprint density at radius 3 is 2.93 bits per heavy atom. The van der Waals surface area contributed by atoms with Gasteiger partial charge in [0.25, 0.3) is 0 Å². The van der Waals surface area contributed by atoms with E-state index >= 15 is 0 Å². The van der Waals surface area contributed by atoms with E-state index < -0.39 is 0 Å². The Labute approximate surface area is 96.3 Å². The third-order valence-electron chi connectivity index (χ3n) is 3.11. The van der Waals surface area contributed by atoms with Crippen molar-refractivity contribution < 1.29 is 0 Å². The summed E-state index contributed by atoms with van der Waals surface area (Å²) in [6, 6.07) is 4.04. The van der Waals surface area contributed by atoms with Crippen LogP contribution < -0.4 is 4.90 Å². The van der Waals surface area contributed by atoms with Crippen molar-refractivity contribution in [2.24, 2.45) is 5.92 Å². The summed E-state index contributed by atoms with van der Waals surface area (Å²) in [4.78, 5) is 6.60. The molecule has 1 fully saturated rings. The third-order valence-corrected chi connectivity index (χ3v) is 3.42. The van der Waals surface area contributed by atoms with Crippen LogP contribution in [-0.2, 0) is 5.88 Å². The van der Waals surface area contributed by atoms with Crippen molar-refractivity contribution >= 4 is 17.4 Å². The fraction of sp³-hybridized carbons (Fsp3) is 0.583. The minimum absolute atomic E-state index is 0.562. The van der Waals surface area contributed by atoms with Gasteiger partial charge in [-0.2, -0.15) is 0 Å². The second-order valence-electron chi connectivity index (χ2n) is 4.33. The van der Waals surface area contributed by atoms with Crippen LogP contribution in [-0.4, -0.2) is 18.6 Å². The molecule has 1 aromatic rings. The lowest BCUT2D eigenvalue weighted by atomic mass is 9.85. The van der Waals surface area contributed by atoms with Crippen molar-refractivity contribution in [3.05, 3.63) is 23.9 Å². The number of alkyl halides is 1. The molecule has 1 heterocycles. The van der Waals surface area contributed by atoms with Crippen molar-refractivity contribution in [3.63, 3.8) is 0 Å². The molecule has 0 N–H and O–H groups in total. The van der Waals surface area contributed by atoms with Crippen LogP contribution >= 0.6 is 11.6 Å². The molecule has 0 bridgehead atoms. The number of aromatic nitrogens is 1. The van der Waals surface area contributed by atoms with Crippen LogP contribution in [0.1, 0.15) is 24.8 Å². The number of hydrogen-bond donors (Lipinski definition) is 0. The summed E-state index contributed by atoms with van der Waals surface area (Å²) in [5.41, 5.74) is 1.14. The summed E-state index contributed by atoms with van der Waals surface area (Å²) in [7, 11) is 2.11. The summed E-state index contributed by atoms with van der Waals surface area (Å²) < 4.78 is 0. The molecule has 3 heteroatoms.